The van der Waals surface area contributed by atoms with Gasteiger partial charge in [0.25, 0.3) is 0 Å². The normalized spacial score (nSPS) is 10.4. The van der Waals surface area contributed by atoms with Crippen molar-refractivity contribution in [3.63, 3.8) is 0 Å². The highest BCUT2D eigenvalue weighted by Gasteiger charge is 2.01. The van der Waals surface area contributed by atoms with Gasteiger partial charge in [0.15, 0.2) is 0 Å². The molecule has 0 aliphatic heterocycles. The number of benzene rings is 2. The molecule has 0 amide bonds. The van der Waals surface area contributed by atoms with Crippen LogP contribution in [0.1, 0.15) is 0 Å². The molecule has 0 saturated heterocycles. The van der Waals surface area contributed by atoms with E-state index in [0.717, 1.165) is 19.8 Å². The van der Waals surface area contributed by atoms with Gasteiger partial charge in [-0.1, -0.05) is 56.9 Å². The molecule has 82 valence electrons. The molecule has 0 heterocycles. The smallest absolute Gasteiger partial charge is 0.0550 e. The van der Waals surface area contributed by atoms with E-state index in [0.29, 0.717) is 0 Å². The molecule has 2 rings (SSSR count). The van der Waals surface area contributed by atoms with Crippen molar-refractivity contribution in [3.8, 4) is 0 Å². The molecule has 0 nitrogen and oxygen atoms in total. The van der Waals surface area contributed by atoms with Crippen molar-refractivity contribution in [2.24, 2.45) is 0 Å². The summed E-state index contributed by atoms with van der Waals surface area (Å²) in [4.78, 5) is 2.23. The average Bonchev–Trinajstić information content (AvgIpc) is 2.30. The zero-order valence-electron chi connectivity index (χ0n) is 8.19. The summed E-state index contributed by atoms with van der Waals surface area (Å²) in [5.74, 6) is 0. The van der Waals surface area contributed by atoms with E-state index in [4.69, 9.17) is 23.2 Å². The fourth-order valence-electron chi connectivity index (χ4n) is 1.10. The Hall–Kier alpha value is -0.280. The summed E-state index contributed by atoms with van der Waals surface area (Å²) in [6, 6.07) is 15.6. The number of halogens is 2. The summed E-state index contributed by atoms with van der Waals surface area (Å²) < 4.78 is 0. The Morgan fingerprint density at radius 1 is 0.750 bits per heavy atom. The quantitative estimate of drug-likeness (QED) is 0.655. The molecule has 0 N–H and O–H groups in total. The first-order valence-electron chi connectivity index (χ1n) is 4.60. The zero-order chi connectivity index (χ0) is 11.4. The predicted octanol–water partition coefficient (Wildman–Crippen LogP) is 5.79. The van der Waals surface area contributed by atoms with Crippen LogP contribution < -0.4 is 0 Å². The monoisotopic (exact) mass is 286 g/mol. The Kier molecular flexibility index (Phi) is 4.47. The van der Waals surface area contributed by atoms with Crippen molar-refractivity contribution in [1.29, 1.82) is 0 Å². The summed E-state index contributed by atoms with van der Waals surface area (Å²) in [6.07, 6.45) is 0. The maximum absolute atomic E-state index is 6.06. The van der Waals surface area contributed by atoms with E-state index < -0.39 is 0 Å². The molecule has 0 spiro atoms. The molecule has 16 heavy (non-hydrogen) atoms. The molecule has 0 bridgehead atoms. The molecule has 0 fully saturated rings. The Balaban J connectivity index is 2.02. The zero-order valence-corrected chi connectivity index (χ0v) is 11.3. The lowest BCUT2D eigenvalue weighted by Crippen LogP contribution is -1.71. The SMILES string of the molecule is Clc1ccc(SSc2ccccc2Cl)cc1. The standard InChI is InChI=1S/C12H8Cl2S2/c13-9-5-7-10(8-6-9)15-16-12-4-2-1-3-11(12)14/h1-8H. The number of rotatable bonds is 3. The molecule has 2 aromatic rings. The molecule has 0 saturated carbocycles. The van der Waals surface area contributed by atoms with Gasteiger partial charge >= 0.3 is 0 Å². The minimum Gasteiger partial charge on any atom is -0.0843 e. The lowest BCUT2D eigenvalue weighted by atomic mass is 10.4. The summed E-state index contributed by atoms with van der Waals surface area (Å²) >= 11 is 11.9. The van der Waals surface area contributed by atoms with Crippen molar-refractivity contribution >= 4 is 44.8 Å². The fourth-order valence-corrected chi connectivity index (χ4v) is 3.65. The molecule has 2 aromatic carbocycles. The Labute approximate surface area is 113 Å². The average molecular weight is 287 g/mol. The second-order valence-corrected chi connectivity index (χ2v) is 6.14. The minimum absolute atomic E-state index is 0.757. The highest BCUT2D eigenvalue weighted by molar-refractivity contribution is 8.76. The van der Waals surface area contributed by atoms with E-state index in [9.17, 15) is 0 Å². The van der Waals surface area contributed by atoms with Gasteiger partial charge in [0, 0.05) is 14.8 Å². The summed E-state index contributed by atoms with van der Waals surface area (Å²) in [5.41, 5.74) is 0. The van der Waals surface area contributed by atoms with Crippen LogP contribution in [0, 0.1) is 0 Å². The maximum atomic E-state index is 6.06. The first-order chi connectivity index (χ1) is 7.75. The van der Waals surface area contributed by atoms with Gasteiger partial charge in [-0.25, -0.2) is 0 Å². The van der Waals surface area contributed by atoms with E-state index in [1.807, 2.05) is 48.5 Å². The van der Waals surface area contributed by atoms with Gasteiger partial charge in [-0.3, -0.25) is 0 Å². The second kappa shape index (κ2) is 5.87. The Bertz CT molecular complexity index is 469. The van der Waals surface area contributed by atoms with Crippen LogP contribution in [0.15, 0.2) is 58.3 Å². The lowest BCUT2D eigenvalue weighted by molar-refractivity contribution is 1.47. The van der Waals surface area contributed by atoms with Crippen LogP contribution in [0.2, 0.25) is 10.0 Å². The van der Waals surface area contributed by atoms with Gasteiger partial charge < -0.3 is 0 Å². The predicted molar refractivity (Wildman–Crippen MR) is 74.6 cm³/mol. The van der Waals surface area contributed by atoms with Gasteiger partial charge in [0.05, 0.1) is 5.02 Å². The van der Waals surface area contributed by atoms with Crippen molar-refractivity contribution in [2.45, 2.75) is 9.79 Å². The van der Waals surface area contributed by atoms with Crippen LogP contribution >= 0.6 is 44.8 Å². The van der Waals surface area contributed by atoms with E-state index in [1.165, 1.54) is 0 Å². The van der Waals surface area contributed by atoms with Gasteiger partial charge in [-0.2, -0.15) is 0 Å². The first-order valence-corrected chi connectivity index (χ1v) is 7.51. The third kappa shape index (κ3) is 3.36. The van der Waals surface area contributed by atoms with Crippen LogP contribution in [0.3, 0.4) is 0 Å². The summed E-state index contributed by atoms with van der Waals surface area (Å²) in [7, 11) is 3.32. The molecule has 0 radical (unpaired) electrons. The van der Waals surface area contributed by atoms with Crippen LogP contribution in [0.4, 0.5) is 0 Å². The number of hydrogen-bond donors (Lipinski definition) is 0. The topological polar surface area (TPSA) is 0 Å². The Morgan fingerprint density at radius 3 is 2.12 bits per heavy atom. The van der Waals surface area contributed by atoms with Crippen LogP contribution in [0.25, 0.3) is 0 Å². The second-order valence-electron chi connectivity index (χ2n) is 3.05. The highest BCUT2D eigenvalue weighted by Crippen LogP contribution is 2.40. The summed E-state index contributed by atoms with van der Waals surface area (Å²) in [6.45, 7) is 0. The summed E-state index contributed by atoms with van der Waals surface area (Å²) in [5, 5.41) is 1.54. The van der Waals surface area contributed by atoms with Gasteiger partial charge in [-0.05, 0) is 36.4 Å². The lowest BCUT2D eigenvalue weighted by Gasteiger charge is -2.02. The fraction of sp³-hybridized carbons (Fsp3) is 0. The van der Waals surface area contributed by atoms with E-state index in [2.05, 4.69) is 0 Å². The van der Waals surface area contributed by atoms with Crippen LogP contribution in [-0.2, 0) is 0 Å². The van der Waals surface area contributed by atoms with Crippen LogP contribution in [-0.4, -0.2) is 0 Å². The molecule has 0 atom stereocenters. The van der Waals surface area contributed by atoms with Crippen LogP contribution in [0.5, 0.6) is 0 Å². The van der Waals surface area contributed by atoms with E-state index in [1.54, 1.807) is 21.6 Å². The van der Waals surface area contributed by atoms with Gasteiger partial charge in [-0.15, -0.1) is 0 Å². The molecule has 0 aliphatic rings. The van der Waals surface area contributed by atoms with Crippen molar-refractivity contribution < 1.29 is 0 Å². The highest BCUT2D eigenvalue weighted by atomic mass is 35.5. The Morgan fingerprint density at radius 2 is 1.44 bits per heavy atom. The molecular formula is C12H8Cl2S2. The third-order valence-electron chi connectivity index (χ3n) is 1.88. The third-order valence-corrected chi connectivity index (χ3v) is 5.02. The molecular weight excluding hydrogens is 279 g/mol. The molecule has 0 unspecified atom stereocenters. The van der Waals surface area contributed by atoms with Crippen molar-refractivity contribution in [3.05, 3.63) is 58.6 Å². The molecule has 0 aromatic heterocycles. The minimum atomic E-state index is 0.757. The molecule has 4 heteroatoms. The van der Waals surface area contributed by atoms with E-state index in [-0.39, 0.29) is 0 Å². The van der Waals surface area contributed by atoms with Crippen molar-refractivity contribution in [1.82, 2.24) is 0 Å². The number of hydrogen-bond acceptors (Lipinski definition) is 2. The molecule has 0 aliphatic carbocycles. The van der Waals surface area contributed by atoms with Gasteiger partial charge in [0.2, 0.25) is 0 Å². The van der Waals surface area contributed by atoms with E-state index >= 15 is 0 Å². The van der Waals surface area contributed by atoms with Gasteiger partial charge in [0.1, 0.15) is 0 Å². The van der Waals surface area contributed by atoms with Crippen molar-refractivity contribution in [2.75, 3.05) is 0 Å². The first kappa shape index (κ1) is 12.2. The largest absolute Gasteiger partial charge is 0.0843 e. The maximum Gasteiger partial charge on any atom is 0.0550 e.